The molecule has 1 rings (SSSR count). The Kier molecular flexibility index (Phi) is 2.62. The Labute approximate surface area is 73.0 Å². The molecule has 0 bridgehead atoms. The summed E-state index contributed by atoms with van der Waals surface area (Å²) in [7, 11) is 0. The van der Waals surface area contributed by atoms with Crippen LogP contribution in [0.2, 0.25) is 0 Å². The zero-order valence-corrected chi connectivity index (χ0v) is 7.65. The number of hydrogen-bond donors (Lipinski definition) is 1. The molecule has 3 heteroatoms. The van der Waals surface area contributed by atoms with Crippen LogP contribution < -0.4 is 0 Å². The second-order valence-corrected chi connectivity index (χ2v) is 3.11. The Hall–Kier alpha value is -0.410. The van der Waals surface area contributed by atoms with Gasteiger partial charge >= 0.3 is 0 Å². The highest BCUT2D eigenvalue weighted by Gasteiger charge is 2.06. The van der Waals surface area contributed by atoms with Crippen molar-refractivity contribution in [2.75, 3.05) is 0 Å². The molecule has 0 aliphatic rings. The summed E-state index contributed by atoms with van der Waals surface area (Å²) in [6.07, 6.45) is 0. The SMILES string of the molecule is Cc1ccc(F)c(Br)c1CO. The van der Waals surface area contributed by atoms with Crippen LogP contribution in [0.3, 0.4) is 0 Å². The number of halogens is 2. The normalized spacial score (nSPS) is 10.2. The monoisotopic (exact) mass is 218 g/mol. The van der Waals surface area contributed by atoms with Gasteiger partial charge in [0.25, 0.3) is 0 Å². The minimum atomic E-state index is -0.334. The van der Waals surface area contributed by atoms with E-state index in [9.17, 15) is 4.39 Å². The van der Waals surface area contributed by atoms with Crippen molar-refractivity contribution in [3.63, 3.8) is 0 Å². The van der Waals surface area contributed by atoms with Gasteiger partial charge in [-0.2, -0.15) is 0 Å². The molecule has 0 aliphatic heterocycles. The van der Waals surface area contributed by atoms with E-state index in [0.717, 1.165) is 5.56 Å². The minimum absolute atomic E-state index is 0.135. The first kappa shape index (κ1) is 8.68. The fraction of sp³-hybridized carbons (Fsp3) is 0.250. The minimum Gasteiger partial charge on any atom is -0.392 e. The molecule has 0 heterocycles. The van der Waals surface area contributed by atoms with E-state index in [1.807, 2.05) is 6.92 Å². The first-order chi connectivity index (χ1) is 5.16. The summed E-state index contributed by atoms with van der Waals surface area (Å²) >= 11 is 3.06. The molecule has 1 N–H and O–H groups in total. The lowest BCUT2D eigenvalue weighted by Gasteiger charge is -2.04. The molecular formula is C8H8BrFO. The molecule has 0 radical (unpaired) electrons. The first-order valence-corrected chi connectivity index (χ1v) is 4.00. The molecule has 1 aromatic rings. The summed E-state index contributed by atoms with van der Waals surface area (Å²) in [6.45, 7) is 1.69. The summed E-state index contributed by atoms with van der Waals surface area (Å²) < 4.78 is 13.1. The maximum Gasteiger partial charge on any atom is 0.137 e. The molecule has 1 aromatic carbocycles. The van der Waals surface area contributed by atoms with Crippen molar-refractivity contribution < 1.29 is 9.50 Å². The highest BCUT2D eigenvalue weighted by molar-refractivity contribution is 9.10. The van der Waals surface area contributed by atoms with Crippen LogP contribution in [0.5, 0.6) is 0 Å². The predicted octanol–water partition coefficient (Wildman–Crippen LogP) is 2.39. The lowest BCUT2D eigenvalue weighted by atomic mass is 10.1. The molecule has 11 heavy (non-hydrogen) atoms. The number of rotatable bonds is 1. The van der Waals surface area contributed by atoms with Crippen LogP contribution in [0.4, 0.5) is 4.39 Å². The first-order valence-electron chi connectivity index (χ1n) is 3.21. The van der Waals surface area contributed by atoms with E-state index in [4.69, 9.17) is 5.11 Å². The lowest BCUT2D eigenvalue weighted by molar-refractivity contribution is 0.279. The number of aliphatic hydroxyl groups excluding tert-OH is 1. The van der Waals surface area contributed by atoms with Crippen LogP contribution in [0, 0.1) is 12.7 Å². The maximum atomic E-state index is 12.8. The van der Waals surface area contributed by atoms with Crippen LogP contribution in [0.25, 0.3) is 0 Å². The van der Waals surface area contributed by atoms with Crippen molar-refractivity contribution in [2.24, 2.45) is 0 Å². The molecule has 0 saturated heterocycles. The molecule has 0 amide bonds. The van der Waals surface area contributed by atoms with Crippen molar-refractivity contribution >= 4 is 15.9 Å². The Morgan fingerprint density at radius 3 is 2.64 bits per heavy atom. The molecule has 0 saturated carbocycles. The number of benzene rings is 1. The zero-order valence-electron chi connectivity index (χ0n) is 6.06. The quantitative estimate of drug-likeness (QED) is 0.768. The molecule has 60 valence electrons. The van der Waals surface area contributed by atoms with Crippen LogP contribution in [0.15, 0.2) is 16.6 Å². The van der Waals surface area contributed by atoms with Crippen LogP contribution in [-0.4, -0.2) is 5.11 Å². The third-order valence-corrected chi connectivity index (χ3v) is 2.45. The highest BCUT2D eigenvalue weighted by Crippen LogP contribution is 2.23. The molecule has 0 aromatic heterocycles. The smallest absolute Gasteiger partial charge is 0.137 e. The molecule has 0 unspecified atom stereocenters. The second-order valence-electron chi connectivity index (χ2n) is 2.31. The average molecular weight is 219 g/mol. The molecule has 0 atom stereocenters. The predicted molar refractivity (Wildman–Crippen MR) is 44.8 cm³/mol. The number of aliphatic hydroxyl groups is 1. The van der Waals surface area contributed by atoms with Crippen molar-refractivity contribution in [3.05, 3.63) is 33.5 Å². The van der Waals surface area contributed by atoms with E-state index in [-0.39, 0.29) is 12.4 Å². The Morgan fingerprint density at radius 1 is 1.55 bits per heavy atom. The van der Waals surface area contributed by atoms with Gasteiger partial charge in [0.1, 0.15) is 5.82 Å². The summed E-state index contributed by atoms with van der Waals surface area (Å²) in [4.78, 5) is 0. The highest BCUT2D eigenvalue weighted by atomic mass is 79.9. The average Bonchev–Trinajstić information content (AvgIpc) is 1.99. The third-order valence-electron chi connectivity index (χ3n) is 1.59. The van der Waals surface area contributed by atoms with Gasteiger partial charge in [0.2, 0.25) is 0 Å². The lowest BCUT2D eigenvalue weighted by Crippen LogP contribution is -1.92. The summed E-state index contributed by atoms with van der Waals surface area (Å²) in [5.74, 6) is -0.334. The van der Waals surface area contributed by atoms with Gasteiger partial charge in [0.05, 0.1) is 11.1 Å². The van der Waals surface area contributed by atoms with Crippen LogP contribution in [0.1, 0.15) is 11.1 Å². The van der Waals surface area contributed by atoms with E-state index < -0.39 is 0 Å². The molecular weight excluding hydrogens is 211 g/mol. The second kappa shape index (κ2) is 3.32. The van der Waals surface area contributed by atoms with Crippen molar-refractivity contribution in [2.45, 2.75) is 13.5 Å². The van der Waals surface area contributed by atoms with Gasteiger partial charge < -0.3 is 5.11 Å². The molecule has 0 aliphatic carbocycles. The summed E-state index contributed by atoms with van der Waals surface area (Å²) in [6, 6.07) is 3.02. The zero-order chi connectivity index (χ0) is 8.43. The van der Waals surface area contributed by atoms with Crippen molar-refractivity contribution in [3.8, 4) is 0 Å². The topological polar surface area (TPSA) is 20.2 Å². The summed E-state index contributed by atoms with van der Waals surface area (Å²) in [5, 5.41) is 8.83. The Morgan fingerprint density at radius 2 is 2.18 bits per heavy atom. The van der Waals surface area contributed by atoms with E-state index in [1.165, 1.54) is 6.07 Å². The third kappa shape index (κ3) is 1.60. The number of aryl methyl sites for hydroxylation is 1. The standard InChI is InChI=1S/C8H8BrFO/c1-5-2-3-7(10)8(9)6(5)4-11/h2-3,11H,4H2,1H3. The molecule has 1 nitrogen and oxygen atoms in total. The van der Waals surface area contributed by atoms with E-state index >= 15 is 0 Å². The molecule has 0 spiro atoms. The van der Waals surface area contributed by atoms with Gasteiger partial charge in [-0.1, -0.05) is 6.07 Å². The van der Waals surface area contributed by atoms with Gasteiger partial charge in [0, 0.05) is 0 Å². The van der Waals surface area contributed by atoms with Crippen molar-refractivity contribution in [1.29, 1.82) is 0 Å². The molecule has 0 fully saturated rings. The van der Waals surface area contributed by atoms with E-state index in [2.05, 4.69) is 15.9 Å². The van der Waals surface area contributed by atoms with E-state index in [0.29, 0.717) is 10.0 Å². The largest absolute Gasteiger partial charge is 0.392 e. The van der Waals surface area contributed by atoms with Crippen LogP contribution in [-0.2, 0) is 6.61 Å². The number of hydrogen-bond acceptors (Lipinski definition) is 1. The van der Waals surface area contributed by atoms with Gasteiger partial charge in [-0.05, 0) is 40.0 Å². The van der Waals surface area contributed by atoms with Gasteiger partial charge in [-0.25, -0.2) is 4.39 Å². The van der Waals surface area contributed by atoms with Crippen molar-refractivity contribution in [1.82, 2.24) is 0 Å². The fourth-order valence-corrected chi connectivity index (χ4v) is 1.45. The van der Waals surface area contributed by atoms with Crippen LogP contribution >= 0.6 is 15.9 Å². The van der Waals surface area contributed by atoms with Gasteiger partial charge in [-0.15, -0.1) is 0 Å². The van der Waals surface area contributed by atoms with E-state index in [1.54, 1.807) is 6.07 Å². The fourth-order valence-electron chi connectivity index (χ4n) is 0.883. The Balaban J connectivity index is 3.29. The maximum absolute atomic E-state index is 12.8. The van der Waals surface area contributed by atoms with Gasteiger partial charge in [0.15, 0.2) is 0 Å². The Bertz CT molecular complexity index is 273. The van der Waals surface area contributed by atoms with Gasteiger partial charge in [-0.3, -0.25) is 0 Å². The summed E-state index contributed by atoms with van der Waals surface area (Å²) in [5.41, 5.74) is 1.51.